The molecule has 1 aromatic rings. The maximum atomic E-state index is 13.6. The fourth-order valence-corrected chi connectivity index (χ4v) is 2.40. The number of nitrogens with one attached hydrogen (secondary N) is 1. The predicted molar refractivity (Wildman–Crippen MR) is 73.2 cm³/mol. The first-order valence-electron chi connectivity index (χ1n) is 6.08. The Morgan fingerprint density at radius 1 is 1.63 bits per heavy atom. The fraction of sp³-hybridized carbons (Fsp3) is 0.462. The maximum Gasteiger partial charge on any atom is 0.242 e. The van der Waals surface area contributed by atoms with Crippen LogP contribution in [0.3, 0.4) is 0 Å². The molecule has 0 bridgehead atoms. The third-order valence-electron chi connectivity index (χ3n) is 3.01. The van der Waals surface area contributed by atoms with E-state index in [2.05, 4.69) is 21.2 Å². The van der Waals surface area contributed by atoms with Gasteiger partial charge in [-0.25, -0.2) is 4.39 Å². The summed E-state index contributed by atoms with van der Waals surface area (Å²) in [7, 11) is 1.67. The van der Waals surface area contributed by atoms with E-state index in [4.69, 9.17) is 4.74 Å². The molecular formula is C13H16BrFN2O2. The lowest BCUT2D eigenvalue weighted by Gasteiger charge is -2.27. The van der Waals surface area contributed by atoms with Crippen LogP contribution >= 0.6 is 15.9 Å². The zero-order chi connectivity index (χ0) is 13.8. The van der Waals surface area contributed by atoms with Crippen molar-refractivity contribution in [2.75, 3.05) is 26.8 Å². The van der Waals surface area contributed by atoms with Gasteiger partial charge in [0.05, 0.1) is 13.2 Å². The molecule has 0 unspecified atom stereocenters. The highest BCUT2D eigenvalue weighted by Gasteiger charge is 2.24. The molecule has 0 aromatic heterocycles. The molecule has 1 heterocycles. The van der Waals surface area contributed by atoms with E-state index in [0.717, 1.165) is 4.47 Å². The number of benzene rings is 1. The Balaban J connectivity index is 2.01. The highest BCUT2D eigenvalue weighted by Crippen LogP contribution is 2.17. The zero-order valence-corrected chi connectivity index (χ0v) is 12.2. The Morgan fingerprint density at radius 2 is 2.42 bits per heavy atom. The monoisotopic (exact) mass is 330 g/mol. The van der Waals surface area contributed by atoms with Crippen molar-refractivity contribution in [3.05, 3.63) is 34.1 Å². The van der Waals surface area contributed by atoms with Gasteiger partial charge >= 0.3 is 0 Å². The van der Waals surface area contributed by atoms with Gasteiger partial charge in [0.25, 0.3) is 0 Å². The third-order valence-corrected chi connectivity index (χ3v) is 3.50. The van der Waals surface area contributed by atoms with Gasteiger partial charge in [0.1, 0.15) is 11.9 Å². The molecule has 1 N–H and O–H groups in total. The molecule has 104 valence electrons. The highest BCUT2D eigenvalue weighted by atomic mass is 79.9. The summed E-state index contributed by atoms with van der Waals surface area (Å²) in [6.45, 7) is 1.88. The van der Waals surface area contributed by atoms with E-state index in [0.29, 0.717) is 25.3 Å². The van der Waals surface area contributed by atoms with Gasteiger partial charge < -0.3 is 15.0 Å². The van der Waals surface area contributed by atoms with E-state index in [1.807, 2.05) is 0 Å². The molecule has 0 saturated carbocycles. The molecule has 0 aliphatic carbocycles. The molecule has 4 nitrogen and oxygen atoms in total. The molecule has 19 heavy (non-hydrogen) atoms. The highest BCUT2D eigenvalue weighted by molar-refractivity contribution is 9.10. The number of carbonyl (C=O) groups excluding carboxylic acids is 1. The standard InChI is InChI=1S/C13H16BrFN2O2/c1-17(13(18)12-8-19-5-4-16-12)7-9-6-10(14)2-3-11(9)15/h2-3,6,12,16H,4-5,7-8H2,1H3/t12-/m0/s1. The van der Waals surface area contributed by atoms with Gasteiger partial charge in [-0.3, -0.25) is 4.79 Å². The average molecular weight is 331 g/mol. The van der Waals surface area contributed by atoms with Crippen LogP contribution in [0, 0.1) is 5.82 Å². The summed E-state index contributed by atoms with van der Waals surface area (Å²) in [4.78, 5) is 13.7. The molecular weight excluding hydrogens is 315 g/mol. The van der Waals surface area contributed by atoms with Gasteiger partial charge in [-0.2, -0.15) is 0 Å². The maximum absolute atomic E-state index is 13.6. The van der Waals surface area contributed by atoms with Crippen molar-refractivity contribution in [2.24, 2.45) is 0 Å². The minimum atomic E-state index is -0.339. The number of amides is 1. The molecule has 6 heteroatoms. The first-order valence-corrected chi connectivity index (χ1v) is 6.87. The molecule has 1 aliphatic heterocycles. The predicted octanol–water partition coefficient (Wildman–Crippen LogP) is 1.53. The van der Waals surface area contributed by atoms with Crippen molar-refractivity contribution < 1.29 is 13.9 Å². The number of nitrogens with zero attached hydrogens (tertiary/aromatic N) is 1. The van der Waals surface area contributed by atoms with Crippen molar-refractivity contribution in [2.45, 2.75) is 12.6 Å². The topological polar surface area (TPSA) is 41.6 Å². The van der Waals surface area contributed by atoms with Crippen LogP contribution in [0.15, 0.2) is 22.7 Å². The second-order valence-electron chi connectivity index (χ2n) is 4.51. The minimum absolute atomic E-state index is 0.0842. The molecule has 1 aromatic carbocycles. The fourth-order valence-electron chi connectivity index (χ4n) is 1.99. The SMILES string of the molecule is CN(Cc1cc(Br)ccc1F)C(=O)[C@@H]1COCCN1. The Hall–Kier alpha value is -0.980. The van der Waals surface area contributed by atoms with E-state index < -0.39 is 0 Å². The van der Waals surface area contributed by atoms with Crippen LogP contribution in [0.25, 0.3) is 0 Å². The zero-order valence-electron chi connectivity index (χ0n) is 10.7. The van der Waals surface area contributed by atoms with Crippen LogP contribution < -0.4 is 5.32 Å². The number of rotatable bonds is 3. The molecule has 1 fully saturated rings. The summed E-state index contributed by atoms with van der Waals surface area (Å²) in [6, 6.07) is 4.37. The van der Waals surface area contributed by atoms with Crippen LogP contribution in [-0.4, -0.2) is 43.7 Å². The molecule has 1 aliphatic rings. The lowest BCUT2D eigenvalue weighted by atomic mass is 10.2. The Bertz CT molecular complexity index is 464. The molecule has 1 amide bonds. The normalized spacial score (nSPS) is 19.2. The number of ether oxygens (including phenoxy) is 1. The number of likely N-dealkylation sites (N-methyl/N-ethyl adjacent to an activating group) is 1. The second-order valence-corrected chi connectivity index (χ2v) is 5.43. The van der Waals surface area contributed by atoms with Gasteiger partial charge in [-0.1, -0.05) is 15.9 Å². The molecule has 0 spiro atoms. The van der Waals surface area contributed by atoms with Crippen molar-refractivity contribution in [3.63, 3.8) is 0 Å². The lowest BCUT2D eigenvalue weighted by molar-refractivity contribution is -0.135. The van der Waals surface area contributed by atoms with Gasteiger partial charge in [-0.05, 0) is 18.2 Å². The number of halogens is 2. The Kier molecular flexibility index (Phi) is 4.90. The molecule has 2 rings (SSSR count). The van der Waals surface area contributed by atoms with Crippen LogP contribution in [0.1, 0.15) is 5.56 Å². The van der Waals surface area contributed by atoms with Gasteiger partial charge in [-0.15, -0.1) is 0 Å². The number of morpholine rings is 1. The minimum Gasteiger partial charge on any atom is -0.378 e. The average Bonchev–Trinajstić information content (AvgIpc) is 2.43. The summed E-state index contributed by atoms with van der Waals surface area (Å²) < 4.78 is 19.7. The second kappa shape index (κ2) is 6.45. The van der Waals surface area contributed by atoms with Gasteiger partial charge in [0.15, 0.2) is 0 Å². The Labute approximate surface area is 120 Å². The van der Waals surface area contributed by atoms with Crippen LogP contribution in [0.2, 0.25) is 0 Å². The lowest BCUT2D eigenvalue weighted by Crippen LogP contribution is -2.51. The molecule has 1 atom stereocenters. The van der Waals surface area contributed by atoms with E-state index in [1.54, 1.807) is 19.2 Å². The van der Waals surface area contributed by atoms with E-state index in [1.165, 1.54) is 11.0 Å². The van der Waals surface area contributed by atoms with Crippen LogP contribution in [0.5, 0.6) is 0 Å². The summed E-state index contributed by atoms with van der Waals surface area (Å²) >= 11 is 3.30. The summed E-state index contributed by atoms with van der Waals surface area (Å²) in [5, 5.41) is 3.09. The first-order chi connectivity index (χ1) is 9.08. The van der Waals surface area contributed by atoms with Crippen molar-refractivity contribution in [1.82, 2.24) is 10.2 Å². The van der Waals surface area contributed by atoms with E-state index in [-0.39, 0.29) is 24.3 Å². The Morgan fingerprint density at radius 3 is 3.11 bits per heavy atom. The largest absolute Gasteiger partial charge is 0.378 e. The first kappa shape index (κ1) is 14.4. The van der Waals surface area contributed by atoms with Gasteiger partial charge in [0.2, 0.25) is 5.91 Å². The van der Waals surface area contributed by atoms with Crippen molar-refractivity contribution in [3.8, 4) is 0 Å². The summed E-state index contributed by atoms with van der Waals surface area (Å²) in [5.74, 6) is -0.394. The summed E-state index contributed by atoms with van der Waals surface area (Å²) in [6.07, 6.45) is 0. The number of hydrogen-bond acceptors (Lipinski definition) is 3. The molecule has 1 saturated heterocycles. The van der Waals surface area contributed by atoms with E-state index in [9.17, 15) is 9.18 Å². The molecule has 0 radical (unpaired) electrons. The van der Waals surface area contributed by atoms with E-state index >= 15 is 0 Å². The number of carbonyl (C=O) groups is 1. The third kappa shape index (κ3) is 3.75. The summed E-state index contributed by atoms with van der Waals surface area (Å²) in [5.41, 5.74) is 0.488. The van der Waals surface area contributed by atoms with Gasteiger partial charge in [0, 0.05) is 30.2 Å². The van der Waals surface area contributed by atoms with Crippen LogP contribution in [0.4, 0.5) is 4.39 Å². The smallest absolute Gasteiger partial charge is 0.242 e. The number of hydrogen-bond donors (Lipinski definition) is 1. The van der Waals surface area contributed by atoms with Crippen molar-refractivity contribution in [1.29, 1.82) is 0 Å². The van der Waals surface area contributed by atoms with Crippen molar-refractivity contribution >= 4 is 21.8 Å². The van der Waals surface area contributed by atoms with Crippen LogP contribution in [-0.2, 0) is 16.1 Å². The quantitative estimate of drug-likeness (QED) is 0.914.